The van der Waals surface area contributed by atoms with E-state index in [1.807, 2.05) is 12.4 Å². The van der Waals surface area contributed by atoms with Crippen molar-refractivity contribution in [2.24, 2.45) is 4.99 Å². The molecule has 0 aromatic rings. The number of hydrogen-bond donors (Lipinski definition) is 1. The number of thioether (sulfide) groups is 1. The smallest absolute Gasteiger partial charge is 0.183 e. The number of nitrogens with one attached hydrogen (secondary N) is 1. The van der Waals surface area contributed by atoms with Crippen LogP contribution in [0.1, 0.15) is 26.2 Å². The molecule has 0 fully saturated rings. The first-order valence-electron chi connectivity index (χ1n) is 4.08. The zero-order valence-electron chi connectivity index (χ0n) is 7.63. The molecule has 0 aliphatic heterocycles. The van der Waals surface area contributed by atoms with Crippen LogP contribution in [-0.4, -0.2) is 18.0 Å². The molecule has 0 heterocycles. The minimum atomic E-state index is 0.716. The highest BCUT2D eigenvalue weighted by Gasteiger charge is 1.92. The van der Waals surface area contributed by atoms with E-state index in [0.717, 1.165) is 13.0 Å². The molecular formula is C8H15N3S. The average molecular weight is 185 g/mol. The molecule has 0 aromatic heterocycles. The summed E-state index contributed by atoms with van der Waals surface area (Å²) in [5.74, 6) is 0. The summed E-state index contributed by atoms with van der Waals surface area (Å²) in [6, 6.07) is 0. The predicted octanol–water partition coefficient (Wildman–Crippen LogP) is 1.97. The van der Waals surface area contributed by atoms with Gasteiger partial charge in [0.25, 0.3) is 0 Å². The summed E-state index contributed by atoms with van der Waals surface area (Å²) in [7, 11) is 0. The summed E-state index contributed by atoms with van der Waals surface area (Å²) in [5.41, 5.74) is 0. The quantitative estimate of drug-likeness (QED) is 0.239. The van der Waals surface area contributed by atoms with Crippen LogP contribution in [0.25, 0.3) is 0 Å². The normalized spacial score (nSPS) is 10.9. The maximum absolute atomic E-state index is 8.32. The Morgan fingerprint density at radius 2 is 2.33 bits per heavy atom. The molecule has 0 atom stereocenters. The number of amidine groups is 1. The monoisotopic (exact) mass is 185 g/mol. The Bertz CT molecular complexity index is 172. The molecule has 4 heteroatoms. The summed E-state index contributed by atoms with van der Waals surface area (Å²) in [4.78, 5) is 4.22. The van der Waals surface area contributed by atoms with Gasteiger partial charge in [0.15, 0.2) is 11.4 Å². The van der Waals surface area contributed by atoms with Crippen LogP contribution in [0.5, 0.6) is 0 Å². The number of rotatable bonds is 4. The fourth-order valence-electron chi connectivity index (χ4n) is 0.745. The summed E-state index contributed by atoms with van der Waals surface area (Å²) in [5, 5.41) is 11.6. The van der Waals surface area contributed by atoms with Crippen LogP contribution >= 0.6 is 11.8 Å². The molecule has 0 amide bonds. The lowest BCUT2D eigenvalue weighted by atomic mass is 10.2. The molecule has 0 radical (unpaired) electrons. The van der Waals surface area contributed by atoms with Crippen LogP contribution in [0.2, 0.25) is 0 Å². The average Bonchev–Trinajstić information content (AvgIpc) is 2.10. The zero-order chi connectivity index (χ0) is 9.23. The zero-order valence-corrected chi connectivity index (χ0v) is 8.45. The third kappa shape index (κ3) is 6.05. The van der Waals surface area contributed by atoms with Gasteiger partial charge in [-0.2, -0.15) is 5.26 Å². The van der Waals surface area contributed by atoms with Crippen molar-refractivity contribution in [1.82, 2.24) is 5.32 Å². The van der Waals surface area contributed by atoms with E-state index in [2.05, 4.69) is 17.2 Å². The predicted molar refractivity (Wildman–Crippen MR) is 54.1 cm³/mol. The van der Waals surface area contributed by atoms with Gasteiger partial charge in [0.2, 0.25) is 0 Å². The van der Waals surface area contributed by atoms with Crippen LogP contribution in [-0.2, 0) is 0 Å². The molecule has 0 spiro atoms. The maximum atomic E-state index is 8.32. The number of nitrogens with zero attached hydrogens (tertiary/aromatic N) is 2. The van der Waals surface area contributed by atoms with Crippen molar-refractivity contribution in [3.8, 4) is 6.19 Å². The molecule has 0 bridgehead atoms. The molecule has 0 aliphatic carbocycles. The summed E-state index contributed by atoms with van der Waals surface area (Å²) >= 11 is 1.47. The van der Waals surface area contributed by atoms with Gasteiger partial charge in [-0.1, -0.05) is 31.5 Å². The molecule has 0 aromatic carbocycles. The van der Waals surface area contributed by atoms with E-state index < -0.39 is 0 Å². The Balaban J connectivity index is 3.56. The summed E-state index contributed by atoms with van der Waals surface area (Å²) < 4.78 is 0. The SMILES string of the molecule is CCCCCN=C(NC#N)SC. The minimum absolute atomic E-state index is 0.716. The van der Waals surface area contributed by atoms with Gasteiger partial charge in [-0.05, 0) is 12.7 Å². The first kappa shape index (κ1) is 11.3. The van der Waals surface area contributed by atoms with Crippen molar-refractivity contribution in [3.63, 3.8) is 0 Å². The second kappa shape index (κ2) is 8.41. The number of aliphatic imine (C=N–C) groups is 1. The molecule has 0 saturated heterocycles. The molecular weight excluding hydrogens is 170 g/mol. The van der Waals surface area contributed by atoms with E-state index in [-0.39, 0.29) is 0 Å². The highest BCUT2D eigenvalue weighted by Crippen LogP contribution is 1.98. The van der Waals surface area contributed by atoms with Gasteiger partial charge < -0.3 is 0 Å². The molecule has 0 saturated carbocycles. The first-order chi connectivity index (χ1) is 5.85. The third-order valence-electron chi connectivity index (χ3n) is 1.37. The number of hydrogen-bond acceptors (Lipinski definition) is 3. The lowest BCUT2D eigenvalue weighted by Gasteiger charge is -1.98. The third-order valence-corrected chi connectivity index (χ3v) is 1.99. The summed E-state index contributed by atoms with van der Waals surface area (Å²) in [6.45, 7) is 2.98. The van der Waals surface area contributed by atoms with Gasteiger partial charge in [-0.3, -0.25) is 10.3 Å². The van der Waals surface area contributed by atoms with Gasteiger partial charge in [0, 0.05) is 6.54 Å². The molecule has 0 rings (SSSR count). The van der Waals surface area contributed by atoms with Crippen LogP contribution < -0.4 is 5.32 Å². The lowest BCUT2D eigenvalue weighted by molar-refractivity contribution is 0.728. The Morgan fingerprint density at radius 3 is 2.83 bits per heavy atom. The minimum Gasteiger partial charge on any atom is -0.272 e. The molecule has 1 N–H and O–H groups in total. The molecule has 68 valence electrons. The maximum Gasteiger partial charge on any atom is 0.183 e. The van der Waals surface area contributed by atoms with E-state index >= 15 is 0 Å². The summed E-state index contributed by atoms with van der Waals surface area (Å²) in [6.07, 6.45) is 7.28. The van der Waals surface area contributed by atoms with E-state index in [9.17, 15) is 0 Å². The van der Waals surface area contributed by atoms with Crippen molar-refractivity contribution < 1.29 is 0 Å². The molecule has 0 unspecified atom stereocenters. The molecule has 0 aliphatic rings. The van der Waals surface area contributed by atoms with Crippen LogP contribution in [0.3, 0.4) is 0 Å². The van der Waals surface area contributed by atoms with Crippen LogP contribution in [0.4, 0.5) is 0 Å². The van der Waals surface area contributed by atoms with Gasteiger partial charge in [-0.15, -0.1) is 0 Å². The largest absolute Gasteiger partial charge is 0.272 e. The highest BCUT2D eigenvalue weighted by atomic mass is 32.2. The van der Waals surface area contributed by atoms with Crippen LogP contribution in [0.15, 0.2) is 4.99 Å². The number of unbranched alkanes of at least 4 members (excludes halogenated alkanes) is 2. The Morgan fingerprint density at radius 1 is 1.58 bits per heavy atom. The Labute approximate surface area is 78.3 Å². The van der Waals surface area contributed by atoms with E-state index in [0.29, 0.717) is 5.17 Å². The van der Waals surface area contributed by atoms with Gasteiger partial charge >= 0.3 is 0 Å². The Hall–Kier alpha value is -0.690. The van der Waals surface area contributed by atoms with E-state index in [1.54, 1.807) is 0 Å². The van der Waals surface area contributed by atoms with Crippen molar-refractivity contribution in [1.29, 1.82) is 5.26 Å². The van der Waals surface area contributed by atoms with Crippen molar-refractivity contribution in [2.75, 3.05) is 12.8 Å². The lowest BCUT2D eigenvalue weighted by Crippen LogP contribution is -2.13. The van der Waals surface area contributed by atoms with E-state index in [1.165, 1.54) is 24.6 Å². The molecule has 3 nitrogen and oxygen atoms in total. The van der Waals surface area contributed by atoms with E-state index in [4.69, 9.17) is 5.26 Å². The Kier molecular flexibility index (Phi) is 7.92. The highest BCUT2D eigenvalue weighted by molar-refractivity contribution is 8.13. The van der Waals surface area contributed by atoms with Crippen molar-refractivity contribution >= 4 is 16.9 Å². The van der Waals surface area contributed by atoms with Gasteiger partial charge in [-0.25, -0.2) is 0 Å². The van der Waals surface area contributed by atoms with Crippen molar-refractivity contribution in [2.45, 2.75) is 26.2 Å². The second-order valence-corrected chi connectivity index (χ2v) is 3.13. The standard InChI is InChI=1S/C8H15N3S/c1-3-4-5-6-10-8(12-2)11-7-9/h3-6H2,1-2H3,(H,10,11). The fourth-order valence-corrected chi connectivity index (χ4v) is 1.11. The second-order valence-electron chi connectivity index (χ2n) is 2.33. The van der Waals surface area contributed by atoms with Crippen LogP contribution in [0, 0.1) is 11.5 Å². The van der Waals surface area contributed by atoms with Gasteiger partial charge in [0.1, 0.15) is 0 Å². The molecule has 12 heavy (non-hydrogen) atoms. The fraction of sp³-hybridized carbons (Fsp3) is 0.750. The van der Waals surface area contributed by atoms with Gasteiger partial charge in [0.05, 0.1) is 0 Å². The topological polar surface area (TPSA) is 48.2 Å². The number of nitriles is 1. The first-order valence-corrected chi connectivity index (χ1v) is 5.31. The van der Waals surface area contributed by atoms with Crippen molar-refractivity contribution in [3.05, 3.63) is 0 Å².